The number of aromatic nitrogens is 3. The van der Waals surface area contributed by atoms with E-state index in [-0.39, 0.29) is 29.4 Å². The number of likely N-dealkylation sites (tertiary alicyclic amines) is 1. The van der Waals surface area contributed by atoms with E-state index < -0.39 is 0 Å². The summed E-state index contributed by atoms with van der Waals surface area (Å²) >= 11 is 1.29. The van der Waals surface area contributed by atoms with Gasteiger partial charge in [-0.05, 0) is 44.0 Å². The van der Waals surface area contributed by atoms with E-state index in [0.717, 1.165) is 5.56 Å². The molecule has 1 saturated heterocycles. The molecule has 1 amide bonds. The molecule has 2 aromatic carbocycles. The highest BCUT2D eigenvalue weighted by molar-refractivity contribution is 7.99. The fourth-order valence-corrected chi connectivity index (χ4v) is 4.66. The van der Waals surface area contributed by atoms with Gasteiger partial charge in [-0.2, -0.15) is 0 Å². The molecule has 0 saturated carbocycles. The Bertz CT molecular complexity index is 1100. The predicted octanol–water partition coefficient (Wildman–Crippen LogP) is 3.97. The van der Waals surface area contributed by atoms with Crippen LogP contribution in [-0.4, -0.2) is 57.0 Å². The molecule has 3 aromatic rings. The number of ether oxygens (including phenoxy) is 1. The highest BCUT2D eigenvalue weighted by Crippen LogP contribution is 2.28. The van der Waals surface area contributed by atoms with Gasteiger partial charge in [-0.1, -0.05) is 42.1 Å². The Morgan fingerprint density at radius 3 is 2.42 bits per heavy atom. The van der Waals surface area contributed by atoms with Crippen molar-refractivity contribution >= 4 is 23.6 Å². The summed E-state index contributed by atoms with van der Waals surface area (Å²) in [6, 6.07) is 15.7. The molecule has 1 fully saturated rings. The van der Waals surface area contributed by atoms with E-state index in [2.05, 4.69) is 10.2 Å². The van der Waals surface area contributed by atoms with Gasteiger partial charge in [0.2, 0.25) is 5.91 Å². The molecule has 33 heavy (non-hydrogen) atoms. The first-order valence-electron chi connectivity index (χ1n) is 10.9. The van der Waals surface area contributed by atoms with Gasteiger partial charge >= 0.3 is 5.97 Å². The number of hydrogen-bond acceptors (Lipinski definition) is 6. The number of rotatable bonds is 7. The Kier molecular flexibility index (Phi) is 7.39. The van der Waals surface area contributed by atoms with Crippen molar-refractivity contribution in [2.24, 2.45) is 5.92 Å². The quantitative estimate of drug-likeness (QED) is 0.386. The number of amides is 1. The van der Waals surface area contributed by atoms with Gasteiger partial charge in [0.25, 0.3) is 0 Å². The lowest BCUT2D eigenvalue weighted by Crippen LogP contribution is -2.41. The van der Waals surface area contributed by atoms with Crippen LogP contribution in [0, 0.1) is 11.7 Å². The first-order chi connectivity index (χ1) is 16.1. The maximum Gasteiger partial charge on any atom is 0.309 e. The van der Waals surface area contributed by atoms with E-state index in [1.54, 1.807) is 24.0 Å². The van der Waals surface area contributed by atoms with Crippen molar-refractivity contribution in [3.63, 3.8) is 0 Å². The van der Waals surface area contributed by atoms with Crippen LogP contribution in [0.4, 0.5) is 4.39 Å². The minimum atomic E-state index is -0.330. The standard InChI is InChI=1S/C24H25FN4O3S/c1-2-32-23(31)18-12-14-28(15-13-18)21(30)16-33-24-27-26-22(17-6-4-3-5-7-17)29(24)20-10-8-19(25)9-11-20/h3-11,18H,2,12-16H2,1H3. The molecule has 0 radical (unpaired) electrons. The predicted molar refractivity (Wildman–Crippen MR) is 123 cm³/mol. The maximum atomic E-state index is 13.5. The van der Waals surface area contributed by atoms with Crippen molar-refractivity contribution in [3.05, 3.63) is 60.4 Å². The first kappa shape index (κ1) is 23.0. The lowest BCUT2D eigenvalue weighted by molar-refractivity contribution is -0.151. The Morgan fingerprint density at radius 2 is 1.76 bits per heavy atom. The Balaban J connectivity index is 1.47. The lowest BCUT2D eigenvalue weighted by Gasteiger charge is -2.30. The van der Waals surface area contributed by atoms with Crippen molar-refractivity contribution in [2.45, 2.75) is 24.9 Å². The second-order valence-corrected chi connectivity index (χ2v) is 8.62. The molecule has 2 heterocycles. The number of hydrogen-bond donors (Lipinski definition) is 0. The van der Waals surface area contributed by atoms with Crippen LogP contribution in [0.25, 0.3) is 17.1 Å². The molecule has 1 aliphatic heterocycles. The third kappa shape index (κ3) is 5.42. The zero-order chi connectivity index (χ0) is 23.2. The Morgan fingerprint density at radius 1 is 1.06 bits per heavy atom. The monoisotopic (exact) mass is 468 g/mol. The molecule has 0 unspecified atom stereocenters. The summed E-state index contributed by atoms with van der Waals surface area (Å²) in [5.41, 5.74) is 1.58. The number of carbonyl (C=O) groups is 2. The summed E-state index contributed by atoms with van der Waals surface area (Å²) in [6.07, 6.45) is 1.22. The second-order valence-electron chi connectivity index (χ2n) is 7.68. The van der Waals surface area contributed by atoms with Crippen LogP contribution < -0.4 is 0 Å². The van der Waals surface area contributed by atoms with Crippen molar-refractivity contribution in [2.75, 3.05) is 25.4 Å². The van der Waals surface area contributed by atoms with Gasteiger partial charge in [-0.25, -0.2) is 4.39 Å². The average molecular weight is 469 g/mol. The smallest absolute Gasteiger partial charge is 0.309 e. The molecular formula is C24H25FN4O3S. The van der Waals surface area contributed by atoms with Gasteiger partial charge in [-0.15, -0.1) is 10.2 Å². The molecular weight excluding hydrogens is 443 g/mol. The second kappa shape index (κ2) is 10.6. The molecule has 1 aromatic heterocycles. The minimum absolute atomic E-state index is 0.0165. The van der Waals surface area contributed by atoms with E-state index in [4.69, 9.17) is 4.74 Å². The summed E-state index contributed by atoms with van der Waals surface area (Å²) in [4.78, 5) is 26.5. The number of piperidine rings is 1. The van der Waals surface area contributed by atoms with Gasteiger partial charge in [0.15, 0.2) is 11.0 Å². The van der Waals surface area contributed by atoms with Gasteiger partial charge in [0.1, 0.15) is 5.82 Å². The highest BCUT2D eigenvalue weighted by atomic mass is 32.2. The lowest BCUT2D eigenvalue weighted by atomic mass is 9.97. The van der Waals surface area contributed by atoms with Crippen LogP contribution in [0.1, 0.15) is 19.8 Å². The number of nitrogens with zero attached hydrogens (tertiary/aromatic N) is 4. The molecule has 0 bridgehead atoms. The van der Waals surface area contributed by atoms with Crippen molar-refractivity contribution in [1.29, 1.82) is 0 Å². The van der Waals surface area contributed by atoms with E-state index in [0.29, 0.717) is 49.2 Å². The molecule has 7 nitrogen and oxygen atoms in total. The van der Waals surface area contributed by atoms with Crippen molar-refractivity contribution in [3.8, 4) is 17.1 Å². The first-order valence-corrected chi connectivity index (χ1v) is 11.9. The zero-order valence-corrected chi connectivity index (χ0v) is 19.1. The van der Waals surface area contributed by atoms with Crippen LogP contribution in [-0.2, 0) is 14.3 Å². The van der Waals surface area contributed by atoms with Crippen molar-refractivity contribution in [1.82, 2.24) is 19.7 Å². The van der Waals surface area contributed by atoms with E-state index in [1.807, 2.05) is 34.9 Å². The minimum Gasteiger partial charge on any atom is -0.466 e. The van der Waals surface area contributed by atoms with Crippen LogP contribution in [0.5, 0.6) is 0 Å². The summed E-state index contributed by atoms with van der Waals surface area (Å²) in [6.45, 7) is 3.22. The average Bonchev–Trinajstić information content (AvgIpc) is 3.28. The van der Waals surface area contributed by atoms with Gasteiger partial charge in [-0.3, -0.25) is 14.2 Å². The molecule has 1 aliphatic rings. The summed E-state index contributed by atoms with van der Waals surface area (Å²) in [5.74, 6) is 0.142. The highest BCUT2D eigenvalue weighted by Gasteiger charge is 2.28. The number of esters is 1. The third-order valence-electron chi connectivity index (χ3n) is 5.54. The SMILES string of the molecule is CCOC(=O)C1CCN(C(=O)CSc2nnc(-c3ccccc3)n2-c2ccc(F)cc2)CC1. The number of thioether (sulfide) groups is 1. The maximum absolute atomic E-state index is 13.5. The molecule has 172 valence electrons. The Labute approximate surface area is 196 Å². The summed E-state index contributed by atoms with van der Waals surface area (Å²) in [5, 5.41) is 9.21. The summed E-state index contributed by atoms with van der Waals surface area (Å²) < 4.78 is 20.4. The molecule has 9 heteroatoms. The van der Waals surface area contributed by atoms with Crippen LogP contribution in [0.3, 0.4) is 0 Å². The third-order valence-corrected chi connectivity index (χ3v) is 6.46. The molecule has 4 rings (SSSR count). The molecule has 0 atom stereocenters. The van der Waals surface area contributed by atoms with Gasteiger partial charge in [0.05, 0.1) is 18.3 Å². The fourth-order valence-electron chi connectivity index (χ4n) is 3.80. The molecule has 0 N–H and O–H groups in total. The van der Waals surface area contributed by atoms with Crippen LogP contribution >= 0.6 is 11.8 Å². The van der Waals surface area contributed by atoms with Crippen molar-refractivity contribution < 1.29 is 18.7 Å². The van der Waals surface area contributed by atoms with E-state index in [1.165, 1.54) is 23.9 Å². The number of benzene rings is 2. The van der Waals surface area contributed by atoms with Crippen LogP contribution in [0.2, 0.25) is 0 Å². The van der Waals surface area contributed by atoms with Crippen LogP contribution in [0.15, 0.2) is 59.8 Å². The Hall–Kier alpha value is -3.20. The number of carbonyl (C=O) groups excluding carboxylic acids is 2. The van der Waals surface area contributed by atoms with Gasteiger partial charge < -0.3 is 9.64 Å². The topological polar surface area (TPSA) is 77.3 Å². The van der Waals surface area contributed by atoms with E-state index >= 15 is 0 Å². The molecule has 0 aliphatic carbocycles. The molecule has 0 spiro atoms. The largest absolute Gasteiger partial charge is 0.466 e. The van der Waals surface area contributed by atoms with Gasteiger partial charge in [0, 0.05) is 24.3 Å². The normalized spacial score (nSPS) is 14.3. The van der Waals surface area contributed by atoms with E-state index in [9.17, 15) is 14.0 Å². The number of halogens is 1. The summed E-state index contributed by atoms with van der Waals surface area (Å²) in [7, 11) is 0. The zero-order valence-electron chi connectivity index (χ0n) is 18.3. The fraction of sp³-hybridized carbons (Fsp3) is 0.333.